The maximum Gasteiger partial charge on any atom is 0.258 e. The molecule has 1 aromatic carbocycles. The molecule has 5 heteroatoms. The summed E-state index contributed by atoms with van der Waals surface area (Å²) in [6.07, 6.45) is 1.70. The molecular weight excluding hydrogens is 330 g/mol. The first-order valence-electron chi connectivity index (χ1n) is 6.94. The van der Waals surface area contributed by atoms with Crippen LogP contribution in [0.25, 0.3) is 0 Å². The molecule has 0 bridgehead atoms. The molecule has 0 unspecified atom stereocenters. The number of carbonyl (C=O) groups excluding carboxylic acids is 1. The van der Waals surface area contributed by atoms with Crippen molar-refractivity contribution in [2.75, 3.05) is 11.9 Å². The molecule has 1 aromatic heterocycles. The molecule has 0 saturated heterocycles. The van der Waals surface area contributed by atoms with Gasteiger partial charge in [-0.3, -0.25) is 4.79 Å². The van der Waals surface area contributed by atoms with Gasteiger partial charge < -0.3 is 10.2 Å². The fourth-order valence-corrected chi connectivity index (χ4v) is 2.89. The van der Waals surface area contributed by atoms with Crippen molar-refractivity contribution in [1.29, 1.82) is 0 Å². The molecule has 2 heterocycles. The van der Waals surface area contributed by atoms with Gasteiger partial charge in [0.2, 0.25) is 0 Å². The van der Waals surface area contributed by atoms with E-state index in [0.717, 1.165) is 11.0 Å². The third-order valence-corrected chi connectivity index (χ3v) is 3.99. The third kappa shape index (κ3) is 2.78. The predicted molar refractivity (Wildman–Crippen MR) is 86.1 cm³/mol. The highest BCUT2D eigenvalue weighted by Gasteiger charge is 2.26. The van der Waals surface area contributed by atoms with Crippen LogP contribution in [0, 0.1) is 0 Å². The monoisotopic (exact) mass is 345 g/mol. The van der Waals surface area contributed by atoms with E-state index in [-0.39, 0.29) is 5.91 Å². The third-order valence-electron chi connectivity index (χ3n) is 3.56. The summed E-state index contributed by atoms with van der Waals surface area (Å²) in [6, 6.07) is 10.0. The van der Waals surface area contributed by atoms with E-state index in [9.17, 15) is 4.79 Å². The van der Waals surface area contributed by atoms with Gasteiger partial charge in [0.15, 0.2) is 0 Å². The van der Waals surface area contributed by atoms with Gasteiger partial charge in [0.05, 0.1) is 5.56 Å². The summed E-state index contributed by atoms with van der Waals surface area (Å²) < 4.78 is 0.809. The zero-order valence-corrected chi connectivity index (χ0v) is 13.4. The number of pyridine rings is 1. The summed E-state index contributed by atoms with van der Waals surface area (Å²) in [4.78, 5) is 18.9. The van der Waals surface area contributed by atoms with E-state index in [1.54, 1.807) is 6.20 Å². The molecule has 2 aromatic rings. The van der Waals surface area contributed by atoms with Crippen LogP contribution in [0.15, 0.2) is 41.0 Å². The van der Waals surface area contributed by atoms with Crippen LogP contribution in [0.2, 0.25) is 0 Å². The molecular formula is C16H16BrN3O. The predicted octanol–water partition coefficient (Wildman–Crippen LogP) is 3.43. The fraction of sp³-hybridized carbons (Fsp3) is 0.250. The second-order valence-corrected chi connectivity index (χ2v) is 5.93. The van der Waals surface area contributed by atoms with E-state index in [2.05, 4.69) is 38.4 Å². The van der Waals surface area contributed by atoms with Crippen molar-refractivity contribution in [1.82, 2.24) is 9.88 Å². The molecule has 1 aliphatic heterocycles. The molecule has 108 valence electrons. The number of halogens is 1. The average molecular weight is 346 g/mol. The van der Waals surface area contributed by atoms with Crippen LogP contribution in [0.1, 0.15) is 28.4 Å². The Hall–Kier alpha value is -1.88. The highest BCUT2D eigenvalue weighted by molar-refractivity contribution is 9.10. The summed E-state index contributed by atoms with van der Waals surface area (Å²) in [6.45, 7) is 4.04. The van der Waals surface area contributed by atoms with Gasteiger partial charge in [-0.1, -0.05) is 24.3 Å². The van der Waals surface area contributed by atoms with Gasteiger partial charge in [-0.25, -0.2) is 4.98 Å². The van der Waals surface area contributed by atoms with Crippen LogP contribution >= 0.6 is 15.9 Å². The van der Waals surface area contributed by atoms with Crippen molar-refractivity contribution in [2.24, 2.45) is 0 Å². The highest BCUT2D eigenvalue weighted by atomic mass is 79.9. The summed E-state index contributed by atoms with van der Waals surface area (Å²) in [5.74, 6) is 0.651. The number of anilines is 1. The summed E-state index contributed by atoms with van der Waals surface area (Å²) >= 11 is 3.39. The highest BCUT2D eigenvalue weighted by Crippen LogP contribution is 2.26. The number of hydrogen-bond acceptors (Lipinski definition) is 3. The minimum absolute atomic E-state index is 0.0101. The van der Waals surface area contributed by atoms with Gasteiger partial charge in [-0.05, 0) is 40.0 Å². The van der Waals surface area contributed by atoms with Crippen LogP contribution in [-0.2, 0) is 13.1 Å². The Morgan fingerprint density at radius 3 is 2.62 bits per heavy atom. The molecule has 4 nitrogen and oxygen atoms in total. The van der Waals surface area contributed by atoms with E-state index in [1.807, 2.05) is 30.0 Å². The molecule has 21 heavy (non-hydrogen) atoms. The van der Waals surface area contributed by atoms with E-state index < -0.39 is 0 Å². The van der Waals surface area contributed by atoms with Crippen molar-refractivity contribution in [3.05, 3.63) is 57.7 Å². The molecule has 0 atom stereocenters. The SMILES string of the molecule is CCNc1ncc(Br)cc1C(=O)N1Cc2ccccc2C1. The molecule has 0 spiro atoms. The summed E-state index contributed by atoms with van der Waals surface area (Å²) in [7, 11) is 0. The van der Waals surface area contributed by atoms with E-state index in [0.29, 0.717) is 24.5 Å². The quantitative estimate of drug-likeness (QED) is 0.926. The number of nitrogens with zero attached hydrogens (tertiary/aromatic N) is 2. The molecule has 0 fully saturated rings. The van der Waals surface area contributed by atoms with E-state index in [1.165, 1.54) is 11.1 Å². The Kier molecular flexibility index (Phi) is 3.92. The summed E-state index contributed by atoms with van der Waals surface area (Å²) in [5.41, 5.74) is 3.05. The van der Waals surface area contributed by atoms with Gasteiger partial charge in [-0.2, -0.15) is 0 Å². The average Bonchev–Trinajstić information content (AvgIpc) is 2.92. The second kappa shape index (κ2) is 5.85. The number of benzene rings is 1. The minimum atomic E-state index is 0.0101. The van der Waals surface area contributed by atoms with Crippen LogP contribution in [0.5, 0.6) is 0 Å². The maximum absolute atomic E-state index is 12.8. The fourth-order valence-electron chi connectivity index (χ4n) is 2.56. The van der Waals surface area contributed by atoms with E-state index in [4.69, 9.17) is 0 Å². The van der Waals surface area contributed by atoms with Crippen LogP contribution in [-0.4, -0.2) is 22.3 Å². The van der Waals surface area contributed by atoms with E-state index >= 15 is 0 Å². The van der Waals surface area contributed by atoms with Crippen LogP contribution < -0.4 is 5.32 Å². The maximum atomic E-state index is 12.8. The first kappa shape index (κ1) is 14.1. The van der Waals surface area contributed by atoms with Gasteiger partial charge in [0.25, 0.3) is 5.91 Å². The number of rotatable bonds is 3. The molecule has 0 radical (unpaired) electrons. The number of carbonyl (C=O) groups is 1. The lowest BCUT2D eigenvalue weighted by atomic mass is 10.1. The second-order valence-electron chi connectivity index (χ2n) is 5.01. The Balaban J connectivity index is 1.88. The lowest BCUT2D eigenvalue weighted by Gasteiger charge is -2.17. The molecule has 1 amide bonds. The van der Waals surface area contributed by atoms with Crippen molar-refractivity contribution in [3.63, 3.8) is 0 Å². The Morgan fingerprint density at radius 2 is 2.00 bits per heavy atom. The normalized spacial score (nSPS) is 13.1. The minimum Gasteiger partial charge on any atom is -0.370 e. The van der Waals surface area contributed by atoms with Crippen LogP contribution in [0.3, 0.4) is 0 Å². The zero-order valence-electron chi connectivity index (χ0n) is 11.8. The van der Waals surface area contributed by atoms with Crippen LogP contribution in [0.4, 0.5) is 5.82 Å². The molecule has 0 aliphatic carbocycles. The number of amides is 1. The molecule has 3 rings (SSSR count). The van der Waals surface area contributed by atoms with Crippen molar-refractivity contribution in [2.45, 2.75) is 20.0 Å². The number of aromatic nitrogens is 1. The topological polar surface area (TPSA) is 45.2 Å². The number of nitrogens with one attached hydrogen (secondary N) is 1. The zero-order chi connectivity index (χ0) is 14.8. The Morgan fingerprint density at radius 1 is 1.33 bits per heavy atom. The van der Waals surface area contributed by atoms with Gasteiger partial charge in [-0.15, -0.1) is 0 Å². The lowest BCUT2D eigenvalue weighted by Crippen LogP contribution is -2.26. The standard InChI is InChI=1S/C16H16BrN3O/c1-2-18-15-14(7-13(17)8-19-15)16(21)20-9-11-5-3-4-6-12(11)10-20/h3-8H,2,9-10H2,1H3,(H,18,19). The Bertz CT molecular complexity index is 662. The van der Waals surface area contributed by atoms with Crippen molar-refractivity contribution in [3.8, 4) is 0 Å². The van der Waals surface area contributed by atoms with Crippen molar-refractivity contribution < 1.29 is 4.79 Å². The largest absolute Gasteiger partial charge is 0.370 e. The van der Waals surface area contributed by atoms with Crippen molar-refractivity contribution >= 4 is 27.7 Å². The number of hydrogen-bond donors (Lipinski definition) is 1. The van der Waals surface area contributed by atoms with Gasteiger partial charge in [0.1, 0.15) is 5.82 Å². The smallest absolute Gasteiger partial charge is 0.258 e. The Labute approximate surface area is 132 Å². The van der Waals surface area contributed by atoms with Gasteiger partial charge in [0, 0.05) is 30.3 Å². The summed E-state index contributed by atoms with van der Waals surface area (Å²) in [5, 5.41) is 3.15. The molecule has 1 N–H and O–H groups in total. The molecule has 0 saturated carbocycles. The lowest BCUT2D eigenvalue weighted by molar-refractivity contribution is 0.0752. The molecule has 1 aliphatic rings. The number of fused-ring (bicyclic) bond motifs is 1. The first-order valence-corrected chi connectivity index (χ1v) is 7.74. The van der Waals surface area contributed by atoms with Gasteiger partial charge >= 0.3 is 0 Å². The first-order chi connectivity index (χ1) is 10.2.